The monoisotopic (exact) mass is 395 g/mol. The average molecular weight is 397 g/mol. The summed E-state index contributed by atoms with van der Waals surface area (Å²) in [7, 11) is 0. The Balaban J connectivity index is 2.59. The summed E-state index contributed by atoms with van der Waals surface area (Å²) in [6.45, 7) is 5.35. The standard InChI is InChI=1S/C11H11Br2NO3S/c1-3-4-14-10(15)6(2)17-11(16)8-5-7(12)9(13)18-8/h3,5-6H,1,4H2,2H3,(H,14,15)/t6-/m1/s1. The Kier molecular flexibility index (Phi) is 6.04. The number of carbonyl (C=O) groups is 2. The first-order valence-corrected chi connectivity index (χ1v) is 7.40. The lowest BCUT2D eigenvalue weighted by molar-refractivity contribution is -0.128. The summed E-state index contributed by atoms with van der Waals surface area (Å²) in [5, 5.41) is 2.56. The molecule has 0 aliphatic heterocycles. The number of ether oxygens (including phenoxy) is 1. The number of halogens is 2. The number of thiophene rings is 1. The van der Waals surface area contributed by atoms with Crippen molar-refractivity contribution in [2.75, 3.05) is 6.54 Å². The third kappa shape index (κ3) is 4.22. The lowest BCUT2D eigenvalue weighted by Crippen LogP contribution is -2.35. The van der Waals surface area contributed by atoms with Crippen molar-refractivity contribution < 1.29 is 14.3 Å². The predicted octanol–water partition coefficient (Wildman–Crippen LogP) is 3.12. The summed E-state index contributed by atoms with van der Waals surface area (Å²) in [5.41, 5.74) is 0. The zero-order valence-electron chi connectivity index (χ0n) is 9.54. The van der Waals surface area contributed by atoms with Crippen LogP contribution >= 0.6 is 43.2 Å². The topological polar surface area (TPSA) is 55.4 Å². The second kappa shape index (κ2) is 7.06. The molecule has 0 spiro atoms. The van der Waals surface area contributed by atoms with Crippen molar-refractivity contribution in [2.45, 2.75) is 13.0 Å². The van der Waals surface area contributed by atoms with Crippen LogP contribution in [0.4, 0.5) is 0 Å². The summed E-state index contributed by atoms with van der Waals surface area (Å²) in [5.74, 6) is -0.870. The van der Waals surface area contributed by atoms with Gasteiger partial charge >= 0.3 is 5.97 Å². The molecule has 0 unspecified atom stereocenters. The van der Waals surface area contributed by atoms with E-state index in [1.807, 2.05) is 0 Å². The molecule has 0 bridgehead atoms. The molecule has 1 aromatic heterocycles. The molecule has 1 atom stereocenters. The lowest BCUT2D eigenvalue weighted by Gasteiger charge is -2.11. The van der Waals surface area contributed by atoms with Gasteiger partial charge in [-0.3, -0.25) is 4.79 Å². The first kappa shape index (κ1) is 15.4. The van der Waals surface area contributed by atoms with Crippen LogP contribution in [-0.2, 0) is 9.53 Å². The molecule has 0 aromatic carbocycles. The Bertz CT molecular complexity index is 453. The molecule has 1 aromatic rings. The number of nitrogens with one attached hydrogen (secondary N) is 1. The molecule has 7 heteroatoms. The Hall–Kier alpha value is -0.660. The van der Waals surface area contributed by atoms with Crippen LogP contribution in [0.3, 0.4) is 0 Å². The Morgan fingerprint density at radius 3 is 2.78 bits per heavy atom. The van der Waals surface area contributed by atoms with Crippen LogP contribution in [-0.4, -0.2) is 24.5 Å². The zero-order valence-corrected chi connectivity index (χ0v) is 13.5. The predicted molar refractivity (Wildman–Crippen MR) is 77.8 cm³/mol. The number of hydrogen-bond donors (Lipinski definition) is 1. The van der Waals surface area contributed by atoms with E-state index >= 15 is 0 Å². The van der Waals surface area contributed by atoms with Gasteiger partial charge in [-0.2, -0.15) is 0 Å². The highest BCUT2D eigenvalue weighted by Gasteiger charge is 2.20. The van der Waals surface area contributed by atoms with E-state index in [1.165, 1.54) is 18.3 Å². The van der Waals surface area contributed by atoms with Crippen molar-refractivity contribution in [1.82, 2.24) is 5.32 Å². The summed E-state index contributed by atoms with van der Waals surface area (Å²) in [4.78, 5) is 23.7. The fourth-order valence-corrected chi connectivity index (χ4v) is 2.95. The molecule has 0 fully saturated rings. The van der Waals surface area contributed by atoms with E-state index in [9.17, 15) is 9.59 Å². The Morgan fingerprint density at radius 1 is 1.61 bits per heavy atom. The molecular weight excluding hydrogens is 386 g/mol. The molecule has 1 N–H and O–H groups in total. The Morgan fingerprint density at radius 2 is 2.28 bits per heavy atom. The van der Waals surface area contributed by atoms with Gasteiger partial charge in [-0.15, -0.1) is 17.9 Å². The van der Waals surface area contributed by atoms with Crippen molar-refractivity contribution in [3.05, 3.63) is 31.9 Å². The Labute approximate surface area is 126 Å². The fourth-order valence-electron chi connectivity index (χ4n) is 1.04. The molecule has 0 aliphatic rings. The number of esters is 1. The molecule has 98 valence electrons. The van der Waals surface area contributed by atoms with E-state index < -0.39 is 12.1 Å². The van der Waals surface area contributed by atoms with E-state index in [0.717, 1.165) is 8.26 Å². The minimum absolute atomic E-state index is 0.344. The van der Waals surface area contributed by atoms with Crippen molar-refractivity contribution >= 4 is 55.1 Å². The van der Waals surface area contributed by atoms with E-state index in [0.29, 0.717) is 11.4 Å². The van der Waals surface area contributed by atoms with E-state index in [4.69, 9.17) is 4.74 Å². The van der Waals surface area contributed by atoms with Gasteiger partial charge in [0.1, 0.15) is 4.88 Å². The van der Waals surface area contributed by atoms with Gasteiger partial charge in [0.25, 0.3) is 5.91 Å². The maximum atomic E-state index is 11.7. The third-order valence-electron chi connectivity index (χ3n) is 1.92. The summed E-state index contributed by atoms with van der Waals surface area (Å²) >= 11 is 7.81. The summed E-state index contributed by atoms with van der Waals surface area (Å²) < 4.78 is 6.63. The van der Waals surface area contributed by atoms with Crippen LogP contribution in [0.15, 0.2) is 27.0 Å². The number of rotatable bonds is 5. The normalized spacial score (nSPS) is 11.7. The van der Waals surface area contributed by atoms with Gasteiger partial charge < -0.3 is 10.1 Å². The van der Waals surface area contributed by atoms with E-state index in [2.05, 4.69) is 43.8 Å². The minimum atomic E-state index is -0.836. The molecule has 1 rings (SSSR count). The van der Waals surface area contributed by atoms with Gasteiger partial charge in [0.2, 0.25) is 0 Å². The van der Waals surface area contributed by atoms with Crippen molar-refractivity contribution in [3.8, 4) is 0 Å². The third-order valence-corrected chi connectivity index (χ3v) is 5.16. The first-order valence-electron chi connectivity index (χ1n) is 5.00. The van der Waals surface area contributed by atoms with Crippen molar-refractivity contribution in [3.63, 3.8) is 0 Å². The fraction of sp³-hybridized carbons (Fsp3) is 0.273. The van der Waals surface area contributed by atoms with E-state index in [-0.39, 0.29) is 5.91 Å². The molecule has 4 nitrogen and oxygen atoms in total. The molecule has 18 heavy (non-hydrogen) atoms. The van der Waals surface area contributed by atoms with Gasteiger partial charge in [-0.1, -0.05) is 6.08 Å². The molecule has 0 aliphatic carbocycles. The maximum Gasteiger partial charge on any atom is 0.349 e. The van der Waals surface area contributed by atoms with Crippen LogP contribution in [0.2, 0.25) is 0 Å². The van der Waals surface area contributed by atoms with Crippen LogP contribution in [0, 0.1) is 0 Å². The second-order valence-corrected chi connectivity index (χ2v) is 6.54. The average Bonchev–Trinajstić information content (AvgIpc) is 2.66. The minimum Gasteiger partial charge on any atom is -0.448 e. The van der Waals surface area contributed by atoms with Crippen LogP contribution < -0.4 is 5.32 Å². The highest BCUT2D eigenvalue weighted by molar-refractivity contribution is 9.13. The summed E-state index contributed by atoms with van der Waals surface area (Å²) in [6.07, 6.45) is 0.719. The number of hydrogen-bond acceptors (Lipinski definition) is 4. The van der Waals surface area contributed by atoms with Crippen molar-refractivity contribution in [1.29, 1.82) is 0 Å². The lowest BCUT2D eigenvalue weighted by atomic mass is 10.3. The number of amides is 1. The van der Waals surface area contributed by atoms with Crippen LogP contribution in [0.5, 0.6) is 0 Å². The van der Waals surface area contributed by atoms with Gasteiger partial charge in [0, 0.05) is 11.0 Å². The van der Waals surface area contributed by atoms with Gasteiger partial charge in [0.05, 0.1) is 3.79 Å². The number of carbonyl (C=O) groups excluding carboxylic acids is 2. The molecule has 0 saturated carbocycles. The van der Waals surface area contributed by atoms with Crippen LogP contribution in [0.1, 0.15) is 16.6 Å². The van der Waals surface area contributed by atoms with E-state index in [1.54, 1.807) is 12.1 Å². The smallest absolute Gasteiger partial charge is 0.349 e. The molecule has 0 radical (unpaired) electrons. The zero-order chi connectivity index (χ0) is 13.7. The second-order valence-electron chi connectivity index (χ2n) is 3.31. The molecule has 0 saturated heterocycles. The van der Waals surface area contributed by atoms with Gasteiger partial charge in [-0.05, 0) is 44.8 Å². The molecular formula is C11H11Br2NO3S. The quantitative estimate of drug-likeness (QED) is 0.614. The first-order chi connectivity index (χ1) is 8.45. The highest BCUT2D eigenvalue weighted by Crippen LogP contribution is 2.32. The SMILES string of the molecule is C=CCNC(=O)[C@@H](C)OC(=O)c1cc(Br)c(Br)s1. The molecule has 1 heterocycles. The maximum absolute atomic E-state index is 11.7. The summed E-state index contributed by atoms with van der Waals surface area (Å²) in [6, 6.07) is 1.64. The van der Waals surface area contributed by atoms with Gasteiger partial charge in [-0.25, -0.2) is 4.79 Å². The largest absolute Gasteiger partial charge is 0.448 e. The van der Waals surface area contributed by atoms with Crippen molar-refractivity contribution in [2.24, 2.45) is 0 Å². The van der Waals surface area contributed by atoms with Crippen LogP contribution in [0.25, 0.3) is 0 Å². The highest BCUT2D eigenvalue weighted by atomic mass is 79.9. The molecule has 1 amide bonds. The van der Waals surface area contributed by atoms with Gasteiger partial charge in [0.15, 0.2) is 6.10 Å².